The smallest absolute Gasteiger partial charge is 0.273 e. The van der Waals surface area contributed by atoms with E-state index in [-0.39, 0.29) is 10.6 Å². The normalized spacial score (nSPS) is 10.5. The van der Waals surface area contributed by atoms with Crippen molar-refractivity contribution in [2.45, 2.75) is 24.1 Å². The Morgan fingerprint density at radius 1 is 1.19 bits per heavy atom. The van der Waals surface area contributed by atoms with Gasteiger partial charge in [0.05, 0.1) is 4.92 Å². The number of rotatable bonds is 7. The molecule has 0 amide bonds. The zero-order valence-electron chi connectivity index (χ0n) is 11.9. The number of hydrogen-bond donors (Lipinski definition) is 1. The molecular formula is C16H18N2O2S. The zero-order valence-corrected chi connectivity index (χ0v) is 12.7. The average Bonchev–Trinajstić information content (AvgIpc) is 2.51. The summed E-state index contributed by atoms with van der Waals surface area (Å²) in [4.78, 5) is 11.8. The molecule has 0 saturated heterocycles. The second-order valence-corrected chi connectivity index (χ2v) is 5.65. The highest BCUT2D eigenvalue weighted by Gasteiger charge is 2.12. The standard InChI is InChI=1S/C16H18N2O2S/c1-2-17-11-13-6-5-8-15(10-13)21-12-14-7-3-4-9-16(14)18(19)20/h3-10,17H,2,11-12H2,1H3. The molecule has 0 saturated carbocycles. The van der Waals surface area contributed by atoms with E-state index < -0.39 is 0 Å². The Bertz CT molecular complexity index is 617. The van der Waals surface area contributed by atoms with Crippen molar-refractivity contribution in [3.63, 3.8) is 0 Å². The first-order valence-electron chi connectivity index (χ1n) is 6.85. The van der Waals surface area contributed by atoms with Crippen LogP contribution in [0.25, 0.3) is 0 Å². The van der Waals surface area contributed by atoms with Crippen LogP contribution in [0.3, 0.4) is 0 Å². The molecule has 0 heterocycles. The molecule has 2 aromatic carbocycles. The lowest BCUT2D eigenvalue weighted by molar-refractivity contribution is -0.385. The van der Waals surface area contributed by atoms with Crippen LogP contribution in [-0.2, 0) is 12.3 Å². The molecule has 0 radical (unpaired) electrons. The van der Waals surface area contributed by atoms with E-state index in [0.717, 1.165) is 23.5 Å². The third kappa shape index (κ3) is 4.58. The van der Waals surface area contributed by atoms with E-state index in [2.05, 4.69) is 24.4 Å². The fourth-order valence-electron chi connectivity index (χ4n) is 1.99. The van der Waals surface area contributed by atoms with Gasteiger partial charge in [0.2, 0.25) is 0 Å². The Morgan fingerprint density at radius 3 is 2.76 bits per heavy atom. The van der Waals surface area contributed by atoms with Crippen molar-refractivity contribution >= 4 is 17.4 Å². The highest BCUT2D eigenvalue weighted by molar-refractivity contribution is 7.98. The summed E-state index contributed by atoms with van der Waals surface area (Å²) in [6, 6.07) is 15.2. The number of benzene rings is 2. The number of para-hydroxylation sites is 1. The summed E-state index contributed by atoms with van der Waals surface area (Å²) >= 11 is 1.62. The maximum Gasteiger partial charge on any atom is 0.273 e. The van der Waals surface area contributed by atoms with Gasteiger partial charge in [-0.3, -0.25) is 10.1 Å². The molecular weight excluding hydrogens is 284 g/mol. The number of nitrogens with one attached hydrogen (secondary N) is 1. The summed E-state index contributed by atoms with van der Waals surface area (Å²) in [6.45, 7) is 3.86. The van der Waals surface area contributed by atoms with Gasteiger partial charge in [-0.1, -0.05) is 37.3 Å². The quantitative estimate of drug-likeness (QED) is 0.477. The number of nitrogens with zero attached hydrogens (tertiary/aromatic N) is 1. The topological polar surface area (TPSA) is 55.2 Å². The number of thioether (sulfide) groups is 1. The highest BCUT2D eigenvalue weighted by atomic mass is 32.2. The first-order chi connectivity index (χ1) is 10.2. The van der Waals surface area contributed by atoms with E-state index in [0.29, 0.717) is 5.75 Å². The van der Waals surface area contributed by atoms with Crippen LogP contribution in [0.1, 0.15) is 18.1 Å². The van der Waals surface area contributed by atoms with Crippen LogP contribution in [0.15, 0.2) is 53.4 Å². The predicted octanol–water partition coefficient (Wildman–Crippen LogP) is 4.00. The number of nitro benzene ring substituents is 1. The summed E-state index contributed by atoms with van der Waals surface area (Å²) in [7, 11) is 0. The SMILES string of the molecule is CCNCc1cccc(SCc2ccccc2[N+](=O)[O-])c1. The maximum absolute atomic E-state index is 11.0. The molecule has 110 valence electrons. The average molecular weight is 302 g/mol. The van der Waals surface area contributed by atoms with Crippen LogP contribution >= 0.6 is 11.8 Å². The fraction of sp³-hybridized carbons (Fsp3) is 0.250. The van der Waals surface area contributed by atoms with Gasteiger partial charge >= 0.3 is 0 Å². The summed E-state index contributed by atoms with van der Waals surface area (Å²) < 4.78 is 0. The third-order valence-electron chi connectivity index (χ3n) is 3.06. The van der Waals surface area contributed by atoms with Crippen molar-refractivity contribution in [2.75, 3.05) is 6.54 Å². The second-order valence-electron chi connectivity index (χ2n) is 4.60. The van der Waals surface area contributed by atoms with Gasteiger partial charge in [-0.15, -0.1) is 11.8 Å². The Hall–Kier alpha value is -1.85. The monoisotopic (exact) mass is 302 g/mol. The van der Waals surface area contributed by atoms with Gasteiger partial charge in [0.25, 0.3) is 5.69 Å². The molecule has 5 heteroatoms. The predicted molar refractivity (Wildman–Crippen MR) is 86.5 cm³/mol. The van der Waals surface area contributed by atoms with E-state index in [1.807, 2.05) is 24.3 Å². The summed E-state index contributed by atoms with van der Waals surface area (Å²) in [5.74, 6) is 0.599. The lowest BCUT2D eigenvalue weighted by Crippen LogP contribution is -2.11. The molecule has 0 bridgehead atoms. The van der Waals surface area contributed by atoms with Crippen LogP contribution in [0.4, 0.5) is 5.69 Å². The molecule has 2 rings (SSSR count). The molecule has 2 aromatic rings. The second kappa shape index (κ2) is 7.81. The molecule has 0 aliphatic rings. The summed E-state index contributed by atoms with van der Waals surface area (Å²) in [5, 5.41) is 14.3. The lowest BCUT2D eigenvalue weighted by Gasteiger charge is -2.06. The van der Waals surface area contributed by atoms with E-state index in [1.54, 1.807) is 23.9 Å². The van der Waals surface area contributed by atoms with Gasteiger partial charge in [0, 0.05) is 28.8 Å². The van der Waals surface area contributed by atoms with Gasteiger partial charge in [0.1, 0.15) is 0 Å². The molecule has 21 heavy (non-hydrogen) atoms. The van der Waals surface area contributed by atoms with E-state index in [1.165, 1.54) is 5.56 Å². The van der Waals surface area contributed by atoms with Crippen LogP contribution in [0.5, 0.6) is 0 Å². The largest absolute Gasteiger partial charge is 0.313 e. The van der Waals surface area contributed by atoms with Crippen molar-refractivity contribution in [3.05, 3.63) is 69.8 Å². The van der Waals surface area contributed by atoms with Gasteiger partial charge in [-0.25, -0.2) is 0 Å². The Kier molecular flexibility index (Phi) is 5.78. The van der Waals surface area contributed by atoms with E-state index in [9.17, 15) is 10.1 Å². The number of hydrogen-bond acceptors (Lipinski definition) is 4. The first-order valence-corrected chi connectivity index (χ1v) is 7.84. The molecule has 4 nitrogen and oxygen atoms in total. The fourth-order valence-corrected chi connectivity index (χ4v) is 2.96. The van der Waals surface area contributed by atoms with Gasteiger partial charge in [-0.05, 0) is 24.2 Å². The van der Waals surface area contributed by atoms with Crippen LogP contribution in [0, 0.1) is 10.1 Å². The molecule has 1 N–H and O–H groups in total. The van der Waals surface area contributed by atoms with Crippen LogP contribution in [-0.4, -0.2) is 11.5 Å². The van der Waals surface area contributed by atoms with Crippen molar-refractivity contribution in [1.82, 2.24) is 5.32 Å². The third-order valence-corrected chi connectivity index (χ3v) is 4.10. The van der Waals surface area contributed by atoms with Crippen molar-refractivity contribution in [2.24, 2.45) is 0 Å². The van der Waals surface area contributed by atoms with Gasteiger partial charge in [-0.2, -0.15) is 0 Å². The Balaban J connectivity index is 2.05. The first kappa shape index (κ1) is 15.5. The van der Waals surface area contributed by atoms with Crippen LogP contribution in [0.2, 0.25) is 0 Å². The Labute approximate surface area is 128 Å². The molecule has 0 aliphatic carbocycles. The van der Waals surface area contributed by atoms with Gasteiger partial charge in [0.15, 0.2) is 0 Å². The van der Waals surface area contributed by atoms with Crippen molar-refractivity contribution in [3.8, 4) is 0 Å². The lowest BCUT2D eigenvalue weighted by atomic mass is 10.2. The summed E-state index contributed by atoms with van der Waals surface area (Å²) in [6.07, 6.45) is 0. The zero-order chi connectivity index (χ0) is 15.1. The molecule has 0 unspecified atom stereocenters. The minimum Gasteiger partial charge on any atom is -0.313 e. The molecule has 0 spiro atoms. The van der Waals surface area contributed by atoms with E-state index >= 15 is 0 Å². The minimum absolute atomic E-state index is 0.189. The highest BCUT2D eigenvalue weighted by Crippen LogP contribution is 2.28. The molecule has 0 atom stereocenters. The number of nitro groups is 1. The Morgan fingerprint density at radius 2 is 2.00 bits per heavy atom. The maximum atomic E-state index is 11.0. The van der Waals surface area contributed by atoms with E-state index in [4.69, 9.17) is 0 Å². The minimum atomic E-state index is -0.322. The molecule has 0 fully saturated rings. The van der Waals surface area contributed by atoms with Crippen LogP contribution < -0.4 is 5.32 Å². The molecule has 0 aromatic heterocycles. The van der Waals surface area contributed by atoms with Crippen molar-refractivity contribution < 1.29 is 4.92 Å². The van der Waals surface area contributed by atoms with Gasteiger partial charge < -0.3 is 5.32 Å². The molecule has 0 aliphatic heterocycles. The summed E-state index contributed by atoms with van der Waals surface area (Å²) in [5.41, 5.74) is 2.17. The van der Waals surface area contributed by atoms with Crippen molar-refractivity contribution in [1.29, 1.82) is 0 Å².